The van der Waals surface area contributed by atoms with E-state index in [0.29, 0.717) is 28.2 Å². The number of amides is 1. The third kappa shape index (κ3) is 4.61. The molecule has 2 N–H and O–H groups in total. The van der Waals surface area contributed by atoms with E-state index in [9.17, 15) is 18.0 Å². The quantitative estimate of drug-likeness (QED) is 0.427. The third-order valence-electron chi connectivity index (χ3n) is 5.81. The van der Waals surface area contributed by atoms with Gasteiger partial charge in [0.15, 0.2) is 11.3 Å². The molecule has 3 aromatic heterocycles. The molecule has 1 aliphatic carbocycles. The zero-order chi connectivity index (χ0) is 23.7. The number of fused-ring (bicyclic) bond motifs is 1. The summed E-state index contributed by atoms with van der Waals surface area (Å²) in [6.45, 7) is -0.633. The van der Waals surface area contributed by atoms with E-state index < -0.39 is 24.7 Å². The smallest absolute Gasteiger partial charge is 0.272 e. The van der Waals surface area contributed by atoms with Gasteiger partial charge in [0.2, 0.25) is 0 Å². The van der Waals surface area contributed by atoms with Gasteiger partial charge in [-0.25, -0.2) is 28.1 Å². The SMILES string of the molecule is O=C(NCc1cc(F)cc(-c2cnn(CC(F)F)n2)c1)c1ncnc2nc(C3CCCC3)[nH]c12. The standard InChI is InChI=1S/C22H21F3N8O/c23-15-6-12(5-14(7-15)16-9-29-33(32-16)10-17(24)25)8-26-22(34)19-18-21(28-11-27-19)31-20(30-18)13-3-1-2-4-13/h5-7,9,11,13,17H,1-4,8,10H2,(H,26,34)(H,27,28,30,31). The molecular weight excluding hydrogens is 449 g/mol. The van der Waals surface area contributed by atoms with Gasteiger partial charge in [0, 0.05) is 18.0 Å². The number of benzene rings is 1. The van der Waals surface area contributed by atoms with Crippen LogP contribution in [0.4, 0.5) is 13.2 Å². The zero-order valence-electron chi connectivity index (χ0n) is 18.0. The highest BCUT2D eigenvalue weighted by molar-refractivity contribution is 6.02. The first kappa shape index (κ1) is 22.0. The molecule has 0 bridgehead atoms. The van der Waals surface area contributed by atoms with E-state index >= 15 is 0 Å². The number of imidazole rings is 1. The molecule has 0 aliphatic heterocycles. The fourth-order valence-corrected chi connectivity index (χ4v) is 4.22. The minimum atomic E-state index is -2.60. The minimum Gasteiger partial charge on any atom is -0.347 e. The van der Waals surface area contributed by atoms with E-state index in [2.05, 4.69) is 35.5 Å². The summed E-state index contributed by atoms with van der Waals surface area (Å²) in [6, 6.07) is 4.12. The fraction of sp³-hybridized carbons (Fsp3) is 0.364. The maximum Gasteiger partial charge on any atom is 0.272 e. The van der Waals surface area contributed by atoms with Gasteiger partial charge in [0.05, 0.1) is 6.20 Å². The Morgan fingerprint density at radius 3 is 2.82 bits per heavy atom. The van der Waals surface area contributed by atoms with Gasteiger partial charge < -0.3 is 10.3 Å². The molecule has 4 aromatic rings. The number of nitrogens with zero attached hydrogens (tertiary/aromatic N) is 6. The molecule has 1 fully saturated rings. The molecule has 5 rings (SSSR count). The van der Waals surface area contributed by atoms with Gasteiger partial charge in [-0.3, -0.25) is 4.79 Å². The van der Waals surface area contributed by atoms with Crippen LogP contribution in [0.5, 0.6) is 0 Å². The Bertz CT molecular complexity index is 1330. The van der Waals surface area contributed by atoms with Crippen molar-refractivity contribution in [2.45, 2.75) is 51.1 Å². The largest absolute Gasteiger partial charge is 0.347 e. The Morgan fingerprint density at radius 2 is 2.03 bits per heavy atom. The van der Waals surface area contributed by atoms with Crippen LogP contribution in [0.1, 0.15) is 53.5 Å². The van der Waals surface area contributed by atoms with Crippen molar-refractivity contribution in [1.82, 2.24) is 40.2 Å². The monoisotopic (exact) mass is 470 g/mol. The average Bonchev–Trinajstić information content (AvgIpc) is 3.56. The van der Waals surface area contributed by atoms with E-state index in [4.69, 9.17) is 0 Å². The van der Waals surface area contributed by atoms with Crippen LogP contribution >= 0.6 is 0 Å². The number of nitrogens with one attached hydrogen (secondary N) is 2. The number of hydrogen-bond acceptors (Lipinski definition) is 6. The Morgan fingerprint density at radius 1 is 1.21 bits per heavy atom. The first-order valence-electron chi connectivity index (χ1n) is 10.9. The summed E-state index contributed by atoms with van der Waals surface area (Å²) in [4.78, 5) is 29.8. The summed E-state index contributed by atoms with van der Waals surface area (Å²) >= 11 is 0. The molecular formula is C22H21F3N8O. The lowest BCUT2D eigenvalue weighted by molar-refractivity contribution is 0.0947. The molecule has 0 unspecified atom stereocenters. The second-order valence-electron chi connectivity index (χ2n) is 8.23. The van der Waals surface area contributed by atoms with Crippen molar-refractivity contribution >= 4 is 17.1 Å². The van der Waals surface area contributed by atoms with Gasteiger partial charge in [-0.05, 0) is 36.6 Å². The normalized spacial score (nSPS) is 14.4. The lowest BCUT2D eigenvalue weighted by Crippen LogP contribution is -2.24. The highest BCUT2D eigenvalue weighted by Gasteiger charge is 2.23. The molecule has 176 valence electrons. The van der Waals surface area contributed by atoms with Gasteiger partial charge in [-0.15, -0.1) is 0 Å². The highest BCUT2D eigenvalue weighted by atomic mass is 19.3. The number of carbonyl (C=O) groups excluding carboxylic acids is 1. The van der Waals surface area contributed by atoms with Crippen LogP contribution in [0.3, 0.4) is 0 Å². The molecule has 9 nitrogen and oxygen atoms in total. The molecule has 1 amide bonds. The van der Waals surface area contributed by atoms with Crippen molar-refractivity contribution in [3.05, 3.63) is 53.6 Å². The molecule has 0 radical (unpaired) electrons. The summed E-state index contributed by atoms with van der Waals surface area (Å²) in [5.74, 6) is 0.137. The van der Waals surface area contributed by atoms with E-state index in [1.807, 2.05) is 0 Å². The molecule has 1 aromatic carbocycles. The predicted octanol–water partition coefficient (Wildman–Crippen LogP) is 3.60. The molecule has 0 spiro atoms. The van der Waals surface area contributed by atoms with Crippen LogP contribution in [-0.2, 0) is 13.1 Å². The third-order valence-corrected chi connectivity index (χ3v) is 5.81. The lowest BCUT2D eigenvalue weighted by atomic mass is 10.1. The van der Waals surface area contributed by atoms with Gasteiger partial charge in [0.25, 0.3) is 12.3 Å². The van der Waals surface area contributed by atoms with Gasteiger partial charge in [-0.2, -0.15) is 15.0 Å². The van der Waals surface area contributed by atoms with Crippen LogP contribution in [-0.4, -0.2) is 47.3 Å². The Balaban J connectivity index is 1.33. The summed E-state index contributed by atoms with van der Waals surface area (Å²) < 4.78 is 39.3. The number of alkyl halides is 2. The van der Waals surface area contributed by atoms with Crippen molar-refractivity contribution in [3.8, 4) is 11.3 Å². The average molecular weight is 470 g/mol. The predicted molar refractivity (Wildman–Crippen MR) is 115 cm³/mol. The van der Waals surface area contributed by atoms with E-state index in [1.165, 1.54) is 24.7 Å². The topological polar surface area (TPSA) is 114 Å². The number of hydrogen-bond donors (Lipinski definition) is 2. The van der Waals surface area contributed by atoms with E-state index in [0.717, 1.165) is 36.3 Å². The Hall–Kier alpha value is -3.83. The number of halogens is 3. The second kappa shape index (κ2) is 9.20. The number of rotatable bonds is 7. The van der Waals surface area contributed by atoms with Crippen molar-refractivity contribution in [2.75, 3.05) is 0 Å². The lowest BCUT2D eigenvalue weighted by Gasteiger charge is -2.07. The van der Waals surface area contributed by atoms with Crippen molar-refractivity contribution in [3.63, 3.8) is 0 Å². The Kier molecular flexibility index (Phi) is 5.95. The first-order chi connectivity index (χ1) is 16.5. The molecule has 12 heteroatoms. The second-order valence-corrected chi connectivity index (χ2v) is 8.23. The number of aromatic amines is 1. The molecule has 1 saturated carbocycles. The summed E-state index contributed by atoms with van der Waals surface area (Å²) in [7, 11) is 0. The van der Waals surface area contributed by atoms with Gasteiger partial charge >= 0.3 is 0 Å². The minimum absolute atomic E-state index is 0.0177. The molecule has 3 heterocycles. The van der Waals surface area contributed by atoms with Crippen LogP contribution in [0.25, 0.3) is 22.4 Å². The number of aromatic nitrogens is 7. The van der Waals surface area contributed by atoms with E-state index in [-0.39, 0.29) is 17.9 Å². The number of carbonyl (C=O) groups is 1. The summed E-state index contributed by atoms with van der Waals surface area (Å²) in [5.41, 5.74) is 2.15. The number of H-pyrrole nitrogens is 1. The maximum absolute atomic E-state index is 14.2. The van der Waals surface area contributed by atoms with Crippen LogP contribution < -0.4 is 5.32 Å². The van der Waals surface area contributed by atoms with Crippen LogP contribution in [0.2, 0.25) is 0 Å². The van der Waals surface area contributed by atoms with Crippen molar-refractivity contribution in [2.24, 2.45) is 0 Å². The highest BCUT2D eigenvalue weighted by Crippen LogP contribution is 2.33. The molecule has 34 heavy (non-hydrogen) atoms. The fourth-order valence-electron chi connectivity index (χ4n) is 4.22. The van der Waals surface area contributed by atoms with E-state index in [1.54, 1.807) is 6.07 Å². The Labute approximate surface area is 191 Å². The maximum atomic E-state index is 14.2. The van der Waals surface area contributed by atoms with Crippen LogP contribution in [0, 0.1) is 5.82 Å². The molecule has 0 saturated heterocycles. The van der Waals surface area contributed by atoms with Gasteiger partial charge in [0.1, 0.15) is 35.7 Å². The summed E-state index contributed by atoms with van der Waals surface area (Å²) in [6.07, 6.45) is 4.38. The summed E-state index contributed by atoms with van der Waals surface area (Å²) in [5, 5.41) is 10.5. The molecule has 0 atom stereocenters. The van der Waals surface area contributed by atoms with Crippen molar-refractivity contribution < 1.29 is 18.0 Å². The first-order valence-corrected chi connectivity index (χ1v) is 10.9. The van der Waals surface area contributed by atoms with Crippen LogP contribution in [0.15, 0.2) is 30.7 Å². The molecule has 1 aliphatic rings. The zero-order valence-corrected chi connectivity index (χ0v) is 18.0. The van der Waals surface area contributed by atoms with Gasteiger partial charge in [-0.1, -0.05) is 12.8 Å². The van der Waals surface area contributed by atoms with Crippen molar-refractivity contribution in [1.29, 1.82) is 0 Å².